The number of ether oxygens (including phenoxy) is 3. The fraction of sp³-hybridized carbons (Fsp3) is 0.250. The number of rotatable bonds is 5. The third-order valence-corrected chi connectivity index (χ3v) is 4.36. The van der Waals surface area contributed by atoms with E-state index in [0.29, 0.717) is 39.8 Å². The molecule has 1 aromatic heterocycles. The summed E-state index contributed by atoms with van der Waals surface area (Å²) in [7, 11) is 6.31. The minimum absolute atomic E-state index is 0.445. The van der Waals surface area contributed by atoms with Gasteiger partial charge in [-0.2, -0.15) is 13.2 Å². The summed E-state index contributed by atoms with van der Waals surface area (Å²) in [5, 5.41) is 0. The summed E-state index contributed by atoms with van der Waals surface area (Å²) in [6.07, 6.45) is -2.78. The van der Waals surface area contributed by atoms with Gasteiger partial charge in [0, 0.05) is 18.2 Å². The molecule has 0 atom stereocenters. The van der Waals surface area contributed by atoms with Crippen molar-refractivity contribution in [3.8, 4) is 39.8 Å². The first-order valence-electron chi connectivity index (χ1n) is 8.29. The third kappa shape index (κ3) is 3.49. The Morgan fingerprint density at radius 3 is 1.89 bits per heavy atom. The summed E-state index contributed by atoms with van der Waals surface area (Å²) in [5.74, 6) is 1.36. The first kappa shape index (κ1) is 19.6. The zero-order valence-corrected chi connectivity index (χ0v) is 15.8. The standard InChI is InChI=1S/C20H19F3N2O3/c1-25-11-24-17(13-9-15(26-2)19(28-4)16(10-13)27-3)18(25)12-5-7-14(8-6-12)20(21,22)23/h5-11H,1-4H3. The van der Waals surface area contributed by atoms with E-state index >= 15 is 0 Å². The topological polar surface area (TPSA) is 45.5 Å². The maximum Gasteiger partial charge on any atom is 0.416 e. The average Bonchev–Trinajstić information content (AvgIpc) is 3.07. The van der Waals surface area contributed by atoms with E-state index in [-0.39, 0.29) is 0 Å². The van der Waals surface area contributed by atoms with Crippen molar-refractivity contribution in [1.82, 2.24) is 9.55 Å². The third-order valence-electron chi connectivity index (χ3n) is 4.36. The van der Waals surface area contributed by atoms with Gasteiger partial charge in [0.15, 0.2) is 11.5 Å². The molecule has 148 valence electrons. The summed E-state index contributed by atoms with van der Waals surface area (Å²) in [5.41, 5.74) is 1.85. The van der Waals surface area contributed by atoms with Crippen LogP contribution in [0.5, 0.6) is 17.2 Å². The van der Waals surface area contributed by atoms with Crippen LogP contribution in [0, 0.1) is 0 Å². The van der Waals surface area contributed by atoms with Gasteiger partial charge in [0.2, 0.25) is 5.75 Å². The zero-order chi connectivity index (χ0) is 20.5. The van der Waals surface area contributed by atoms with E-state index in [9.17, 15) is 13.2 Å². The van der Waals surface area contributed by atoms with E-state index in [1.165, 1.54) is 33.5 Å². The SMILES string of the molecule is COc1cc(-c2ncn(C)c2-c2ccc(C(F)(F)F)cc2)cc(OC)c1OC. The Kier molecular flexibility index (Phi) is 5.22. The van der Waals surface area contributed by atoms with Crippen LogP contribution in [0.1, 0.15) is 5.56 Å². The number of aromatic nitrogens is 2. The van der Waals surface area contributed by atoms with Gasteiger partial charge in [0.05, 0.1) is 44.6 Å². The molecule has 28 heavy (non-hydrogen) atoms. The van der Waals surface area contributed by atoms with Crippen molar-refractivity contribution in [2.45, 2.75) is 6.18 Å². The van der Waals surface area contributed by atoms with E-state index in [0.717, 1.165) is 12.1 Å². The molecule has 0 aliphatic heterocycles. The molecule has 2 aromatic carbocycles. The average molecular weight is 392 g/mol. The van der Waals surface area contributed by atoms with Crippen molar-refractivity contribution in [2.24, 2.45) is 7.05 Å². The Morgan fingerprint density at radius 1 is 0.857 bits per heavy atom. The number of nitrogens with zero attached hydrogens (tertiary/aromatic N) is 2. The smallest absolute Gasteiger partial charge is 0.416 e. The molecule has 0 spiro atoms. The molecule has 3 aromatic rings. The number of imidazole rings is 1. The second kappa shape index (κ2) is 7.46. The number of hydrogen-bond acceptors (Lipinski definition) is 4. The van der Waals surface area contributed by atoms with E-state index in [2.05, 4.69) is 4.98 Å². The van der Waals surface area contributed by atoms with Crippen molar-refractivity contribution >= 4 is 0 Å². The number of halogens is 3. The molecule has 8 heteroatoms. The van der Waals surface area contributed by atoms with Gasteiger partial charge in [-0.25, -0.2) is 4.98 Å². The monoisotopic (exact) mass is 392 g/mol. The molecule has 0 saturated carbocycles. The molecular weight excluding hydrogens is 373 g/mol. The van der Waals surface area contributed by atoms with Gasteiger partial charge in [-0.05, 0) is 24.3 Å². The van der Waals surface area contributed by atoms with Gasteiger partial charge in [-0.3, -0.25) is 0 Å². The van der Waals surface area contributed by atoms with Gasteiger partial charge >= 0.3 is 6.18 Å². The molecule has 0 saturated heterocycles. The number of alkyl halides is 3. The van der Waals surface area contributed by atoms with Crippen molar-refractivity contribution in [3.05, 3.63) is 48.3 Å². The molecule has 0 amide bonds. The predicted octanol–water partition coefficient (Wildman–Crippen LogP) is 4.80. The zero-order valence-electron chi connectivity index (χ0n) is 15.8. The summed E-state index contributed by atoms with van der Waals surface area (Å²) in [4.78, 5) is 4.43. The van der Waals surface area contributed by atoms with E-state index < -0.39 is 11.7 Å². The lowest BCUT2D eigenvalue weighted by molar-refractivity contribution is -0.137. The molecule has 0 fully saturated rings. The Hall–Kier alpha value is -3.16. The second-order valence-electron chi connectivity index (χ2n) is 6.04. The van der Waals surface area contributed by atoms with Crippen LogP contribution >= 0.6 is 0 Å². The number of methoxy groups -OCH3 is 3. The predicted molar refractivity (Wildman–Crippen MR) is 98.7 cm³/mol. The van der Waals surface area contributed by atoms with Crippen molar-refractivity contribution < 1.29 is 27.4 Å². The van der Waals surface area contributed by atoms with Gasteiger partial charge in [0.1, 0.15) is 0 Å². The Morgan fingerprint density at radius 2 is 1.43 bits per heavy atom. The fourth-order valence-electron chi connectivity index (χ4n) is 3.02. The molecule has 0 unspecified atom stereocenters. The van der Waals surface area contributed by atoms with Crippen LogP contribution < -0.4 is 14.2 Å². The van der Waals surface area contributed by atoms with Gasteiger partial charge < -0.3 is 18.8 Å². The molecule has 0 N–H and O–H groups in total. The number of benzene rings is 2. The highest BCUT2D eigenvalue weighted by atomic mass is 19.4. The van der Waals surface area contributed by atoms with Crippen molar-refractivity contribution in [1.29, 1.82) is 0 Å². The van der Waals surface area contributed by atoms with Crippen LogP contribution in [0.2, 0.25) is 0 Å². The van der Waals surface area contributed by atoms with Crippen LogP contribution in [-0.4, -0.2) is 30.9 Å². The van der Waals surface area contributed by atoms with Gasteiger partial charge in [0.25, 0.3) is 0 Å². The number of hydrogen-bond donors (Lipinski definition) is 0. The lowest BCUT2D eigenvalue weighted by Crippen LogP contribution is -2.04. The minimum atomic E-state index is -4.38. The van der Waals surface area contributed by atoms with Crippen molar-refractivity contribution in [3.63, 3.8) is 0 Å². The molecule has 1 heterocycles. The van der Waals surface area contributed by atoms with Crippen LogP contribution in [0.3, 0.4) is 0 Å². The van der Waals surface area contributed by atoms with Gasteiger partial charge in [-0.1, -0.05) is 12.1 Å². The lowest BCUT2D eigenvalue weighted by Gasteiger charge is -2.14. The molecule has 0 bridgehead atoms. The lowest BCUT2D eigenvalue weighted by atomic mass is 10.0. The summed E-state index contributed by atoms with van der Waals surface area (Å²) in [6.45, 7) is 0. The van der Waals surface area contributed by atoms with Crippen LogP contribution in [-0.2, 0) is 13.2 Å². The largest absolute Gasteiger partial charge is 0.493 e. The minimum Gasteiger partial charge on any atom is -0.493 e. The van der Waals surface area contributed by atoms with E-state index in [1.54, 1.807) is 30.1 Å². The van der Waals surface area contributed by atoms with Crippen LogP contribution in [0.15, 0.2) is 42.7 Å². The van der Waals surface area contributed by atoms with E-state index in [4.69, 9.17) is 14.2 Å². The molecule has 3 rings (SSSR count). The second-order valence-corrected chi connectivity index (χ2v) is 6.04. The quantitative estimate of drug-likeness (QED) is 0.626. The molecule has 0 aliphatic carbocycles. The highest BCUT2D eigenvalue weighted by Crippen LogP contribution is 2.43. The maximum absolute atomic E-state index is 12.9. The highest BCUT2D eigenvalue weighted by Gasteiger charge is 2.30. The van der Waals surface area contributed by atoms with Crippen molar-refractivity contribution in [2.75, 3.05) is 21.3 Å². The Bertz CT molecular complexity index is 954. The van der Waals surface area contributed by atoms with Gasteiger partial charge in [-0.15, -0.1) is 0 Å². The number of aryl methyl sites for hydroxylation is 1. The first-order valence-corrected chi connectivity index (χ1v) is 8.29. The Balaban J connectivity index is 2.14. The molecule has 0 radical (unpaired) electrons. The first-order chi connectivity index (χ1) is 13.3. The molecule has 0 aliphatic rings. The van der Waals surface area contributed by atoms with Crippen LogP contribution in [0.4, 0.5) is 13.2 Å². The Labute approximate surface area is 160 Å². The normalized spacial score (nSPS) is 11.4. The van der Waals surface area contributed by atoms with E-state index in [1.807, 2.05) is 0 Å². The highest BCUT2D eigenvalue weighted by molar-refractivity contribution is 5.81. The summed E-state index contributed by atoms with van der Waals surface area (Å²) >= 11 is 0. The summed E-state index contributed by atoms with van der Waals surface area (Å²) in [6, 6.07) is 8.47. The fourth-order valence-corrected chi connectivity index (χ4v) is 3.02. The maximum atomic E-state index is 12.9. The molecule has 5 nitrogen and oxygen atoms in total. The van der Waals surface area contributed by atoms with Crippen LogP contribution in [0.25, 0.3) is 22.5 Å². The molecular formula is C20H19F3N2O3. The summed E-state index contributed by atoms with van der Waals surface area (Å²) < 4.78 is 56.4.